The summed E-state index contributed by atoms with van der Waals surface area (Å²) in [7, 11) is 1.65. The molecule has 25 heavy (non-hydrogen) atoms. The molecule has 0 aliphatic heterocycles. The zero-order chi connectivity index (χ0) is 17.8. The van der Waals surface area contributed by atoms with Gasteiger partial charge in [0.15, 0.2) is 0 Å². The minimum Gasteiger partial charge on any atom is -0.477 e. The number of nitrogens with zero attached hydrogens (tertiary/aromatic N) is 5. The largest absolute Gasteiger partial charge is 0.477 e. The van der Waals surface area contributed by atoms with Gasteiger partial charge in [-0.25, -0.2) is 0 Å². The summed E-state index contributed by atoms with van der Waals surface area (Å²) in [6.45, 7) is 5.44. The summed E-state index contributed by atoms with van der Waals surface area (Å²) in [5, 5.41) is 17.4. The second kappa shape index (κ2) is 7.19. The van der Waals surface area contributed by atoms with Crippen molar-refractivity contribution in [1.82, 2.24) is 24.7 Å². The maximum Gasteiger partial charge on any atom is 0.232 e. The van der Waals surface area contributed by atoms with Gasteiger partial charge in [-0.3, -0.25) is 4.68 Å². The predicted octanol–water partition coefficient (Wildman–Crippen LogP) is 2.12. The standard InChI is InChI=1S/C16H19N7O2/c1-4-25-15-13-11(7-17)8-18-14(13)20-16(21-15)19-12-9-23(5-6-24-3)22-10(12)2/h8-9H,4-6H2,1-3H3,(H2,18,19,20,21). The van der Waals surface area contributed by atoms with Crippen molar-refractivity contribution in [3.05, 3.63) is 23.7 Å². The first-order valence-corrected chi connectivity index (χ1v) is 7.88. The fourth-order valence-corrected chi connectivity index (χ4v) is 2.45. The highest BCUT2D eigenvalue weighted by molar-refractivity contribution is 5.88. The number of fused-ring (bicyclic) bond motifs is 1. The normalized spacial score (nSPS) is 10.8. The smallest absolute Gasteiger partial charge is 0.232 e. The van der Waals surface area contributed by atoms with Gasteiger partial charge in [-0.1, -0.05) is 0 Å². The van der Waals surface area contributed by atoms with Crippen LogP contribution in [0.4, 0.5) is 11.6 Å². The summed E-state index contributed by atoms with van der Waals surface area (Å²) in [4.78, 5) is 11.8. The molecule has 130 valence electrons. The third-order valence-electron chi connectivity index (χ3n) is 3.62. The van der Waals surface area contributed by atoms with E-state index in [4.69, 9.17) is 9.47 Å². The number of rotatable bonds is 7. The SMILES string of the molecule is CCOc1nc(Nc2cn(CCOC)nc2C)nc2[nH]cc(C#N)c12. The van der Waals surface area contributed by atoms with Crippen LogP contribution in [-0.4, -0.2) is 45.1 Å². The van der Waals surface area contributed by atoms with Crippen molar-refractivity contribution in [3.63, 3.8) is 0 Å². The molecule has 3 heterocycles. The van der Waals surface area contributed by atoms with E-state index < -0.39 is 0 Å². The number of hydrogen-bond donors (Lipinski definition) is 2. The lowest BCUT2D eigenvalue weighted by molar-refractivity contribution is 0.183. The van der Waals surface area contributed by atoms with Gasteiger partial charge in [0.1, 0.15) is 11.7 Å². The van der Waals surface area contributed by atoms with E-state index in [0.717, 1.165) is 11.4 Å². The molecule has 0 radical (unpaired) electrons. The fraction of sp³-hybridized carbons (Fsp3) is 0.375. The first kappa shape index (κ1) is 16.7. The van der Waals surface area contributed by atoms with Gasteiger partial charge in [-0.2, -0.15) is 20.3 Å². The molecule has 0 aliphatic rings. The Morgan fingerprint density at radius 2 is 2.24 bits per heavy atom. The summed E-state index contributed by atoms with van der Waals surface area (Å²) < 4.78 is 12.4. The van der Waals surface area contributed by atoms with Gasteiger partial charge >= 0.3 is 0 Å². The number of nitriles is 1. The number of anilines is 2. The van der Waals surface area contributed by atoms with Crippen molar-refractivity contribution < 1.29 is 9.47 Å². The lowest BCUT2D eigenvalue weighted by Crippen LogP contribution is -2.04. The minimum absolute atomic E-state index is 0.372. The Kier molecular flexibility index (Phi) is 4.81. The van der Waals surface area contributed by atoms with Gasteiger partial charge in [0.2, 0.25) is 11.8 Å². The second-order valence-electron chi connectivity index (χ2n) is 5.33. The quantitative estimate of drug-likeness (QED) is 0.676. The van der Waals surface area contributed by atoms with E-state index in [1.165, 1.54) is 0 Å². The van der Waals surface area contributed by atoms with Crippen molar-refractivity contribution in [1.29, 1.82) is 5.26 Å². The van der Waals surface area contributed by atoms with E-state index in [1.54, 1.807) is 18.0 Å². The summed E-state index contributed by atoms with van der Waals surface area (Å²) >= 11 is 0. The molecule has 3 aromatic heterocycles. The first-order valence-electron chi connectivity index (χ1n) is 7.88. The Labute approximate surface area is 144 Å². The average Bonchev–Trinajstić information content (AvgIpc) is 3.17. The molecular weight excluding hydrogens is 322 g/mol. The molecule has 9 heteroatoms. The summed E-state index contributed by atoms with van der Waals surface area (Å²) in [5.41, 5.74) is 2.61. The summed E-state index contributed by atoms with van der Waals surface area (Å²) in [5.74, 6) is 0.744. The number of aromatic amines is 1. The molecule has 0 fully saturated rings. The fourth-order valence-electron chi connectivity index (χ4n) is 2.45. The Hall–Kier alpha value is -3.12. The van der Waals surface area contributed by atoms with Crippen LogP contribution in [0.3, 0.4) is 0 Å². The van der Waals surface area contributed by atoms with Crippen molar-refractivity contribution >= 4 is 22.7 Å². The molecule has 0 bridgehead atoms. The van der Waals surface area contributed by atoms with Gasteiger partial charge < -0.3 is 19.8 Å². The van der Waals surface area contributed by atoms with Gasteiger partial charge in [-0.15, -0.1) is 0 Å². The minimum atomic E-state index is 0.372. The van der Waals surface area contributed by atoms with Crippen molar-refractivity contribution in [3.8, 4) is 11.9 Å². The molecule has 3 aromatic rings. The lowest BCUT2D eigenvalue weighted by atomic mass is 10.2. The number of nitrogens with one attached hydrogen (secondary N) is 2. The average molecular weight is 341 g/mol. The third kappa shape index (κ3) is 3.39. The molecule has 0 unspecified atom stereocenters. The number of methoxy groups -OCH3 is 1. The van der Waals surface area contributed by atoms with E-state index in [0.29, 0.717) is 48.2 Å². The van der Waals surface area contributed by atoms with E-state index in [-0.39, 0.29) is 0 Å². The Bertz CT molecular complexity index is 923. The Morgan fingerprint density at radius 1 is 1.40 bits per heavy atom. The van der Waals surface area contributed by atoms with Crippen LogP contribution in [0.5, 0.6) is 5.88 Å². The Balaban J connectivity index is 1.94. The van der Waals surface area contributed by atoms with Crippen LogP contribution in [0.15, 0.2) is 12.4 Å². The highest BCUT2D eigenvalue weighted by Gasteiger charge is 2.16. The number of ether oxygens (including phenoxy) is 2. The van der Waals surface area contributed by atoms with Crippen molar-refractivity contribution in [2.75, 3.05) is 25.6 Å². The van der Waals surface area contributed by atoms with Crippen LogP contribution < -0.4 is 10.1 Å². The molecule has 0 amide bonds. The zero-order valence-corrected chi connectivity index (χ0v) is 14.3. The molecule has 3 rings (SSSR count). The van der Waals surface area contributed by atoms with Gasteiger partial charge in [0, 0.05) is 19.5 Å². The number of H-pyrrole nitrogens is 1. The van der Waals surface area contributed by atoms with E-state index in [2.05, 4.69) is 31.4 Å². The van der Waals surface area contributed by atoms with Gasteiger partial charge in [0.25, 0.3) is 0 Å². The van der Waals surface area contributed by atoms with Crippen LogP contribution in [0.2, 0.25) is 0 Å². The number of aromatic nitrogens is 5. The molecule has 9 nitrogen and oxygen atoms in total. The highest BCUT2D eigenvalue weighted by Crippen LogP contribution is 2.28. The van der Waals surface area contributed by atoms with Crippen LogP contribution in [-0.2, 0) is 11.3 Å². The van der Waals surface area contributed by atoms with Crippen molar-refractivity contribution in [2.24, 2.45) is 0 Å². The predicted molar refractivity (Wildman–Crippen MR) is 91.9 cm³/mol. The maximum atomic E-state index is 9.21. The van der Waals surface area contributed by atoms with Crippen LogP contribution in [0, 0.1) is 18.3 Å². The van der Waals surface area contributed by atoms with Crippen LogP contribution in [0.25, 0.3) is 11.0 Å². The summed E-state index contributed by atoms with van der Waals surface area (Å²) in [6.07, 6.45) is 3.47. The topological polar surface area (TPSA) is 114 Å². The van der Waals surface area contributed by atoms with Gasteiger partial charge in [-0.05, 0) is 13.8 Å². The molecule has 0 saturated heterocycles. The van der Waals surface area contributed by atoms with Gasteiger partial charge in [0.05, 0.1) is 42.1 Å². The van der Waals surface area contributed by atoms with Crippen LogP contribution in [0.1, 0.15) is 18.2 Å². The van der Waals surface area contributed by atoms with Crippen molar-refractivity contribution in [2.45, 2.75) is 20.4 Å². The maximum absolute atomic E-state index is 9.21. The van der Waals surface area contributed by atoms with E-state index in [9.17, 15) is 5.26 Å². The number of aryl methyl sites for hydroxylation is 1. The number of hydrogen-bond acceptors (Lipinski definition) is 7. The molecule has 2 N–H and O–H groups in total. The van der Waals surface area contributed by atoms with E-state index >= 15 is 0 Å². The summed E-state index contributed by atoms with van der Waals surface area (Å²) in [6, 6.07) is 2.11. The van der Waals surface area contributed by atoms with Crippen LogP contribution >= 0.6 is 0 Å². The molecule has 0 saturated carbocycles. The zero-order valence-electron chi connectivity index (χ0n) is 14.3. The van der Waals surface area contributed by atoms with E-state index in [1.807, 2.05) is 20.0 Å². The molecule has 0 aliphatic carbocycles. The molecule has 0 aromatic carbocycles. The lowest BCUT2D eigenvalue weighted by Gasteiger charge is -2.08. The third-order valence-corrected chi connectivity index (χ3v) is 3.62. The molecule has 0 spiro atoms. The second-order valence-corrected chi connectivity index (χ2v) is 5.33. The highest BCUT2D eigenvalue weighted by atomic mass is 16.5. The monoisotopic (exact) mass is 341 g/mol. The first-order chi connectivity index (χ1) is 12.2. The molecule has 0 atom stereocenters. The molecular formula is C16H19N7O2. The Morgan fingerprint density at radius 3 is 2.96 bits per heavy atom.